The molecule has 0 atom stereocenters. The highest BCUT2D eigenvalue weighted by atomic mass is 15.1. The zero-order chi connectivity index (χ0) is 8.85. The van der Waals surface area contributed by atoms with Crippen molar-refractivity contribution in [2.75, 3.05) is 7.05 Å². The van der Waals surface area contributed by atoms with Crippen LogP contribution in [0.1, 0.15) is 20.8 Å². The van der Waals surface area contributed by atoms with Gasteiger partial charge < -0.3 is 5.32 Å². The number of nitrogens with zero attached hydrogens (tertiary/aromatic N) is 2. The molecule has 0 aliphatic rings. The van der Waals surface area contributed by atoms with Gasteiger partial charge in [0.25, 0.3) is 0 Å². The average molecular weight is 153 g/mol. The maximum absolute atomic E-state index is 4.13. The smallest absolute Gasteiger partial charge is 0.221 e. The summed E-state index contributed by atoms with van der Waals surface area (Å²) in [5, 5.41) is 2.93. The third-order valence-corrected chi connectivity index (χ3v) is 0.867. The second-order valence-corrected chi connectivity index (χ2v) is 2.51. The molecule has 0 spiro atoms. The topological polar surface area (TPSA) is 36.8 Å². The van der Waals surface area contributed by atoms with Crippen molar-refractivity contribution in [3.05, 3.63) is 12.3 Å². The van der Waals surface area contributed by atoms with Crippen molar-refractivity contribution in [1.29, 1.82) is 0 Å². The maximum atomic E-state index is 4.13. The van der Waals surface area contributed by atoms with Gasteiger partial charge in [0.1, 0.15) is 0 Å². The molecule has 1 N–H and O–H groups in total. The average Bonchev–Trinajstić information content (AvgIpc) is 1.84. The lowest BCUT2D eigenvalue weighted by molar-refractivity contribution is 1.09. The molecule has 0 aliphatic carbocycles. The van der Waals surface area contributed by atoms with Gasteiger partial charge in [-0.25, -0.2) is 4.99 Å². The van der Waals surface area contributed by atoms with Crippen LogP contribution in [0, 0.1) is 0 Å². The SMILES string of the molecule is C=C(C)NC(N=C(C)C)=NC. The zero-order valence-corrected chi connectivity index (χ0v) is 7.60. The quantitative estimate of drug-likeness (QED) is 0.450. The Morgan fingerprint density at radius 3 is 2.09 bits per heavy atom. The van der Waals surface area contributed by atoms with Crippen molar-refractivity contribution in [2.24, 2.45) is 9.98 Å². The molecule has 0 aliphatic heterocycles. The van der Waals surface area contributed by atoms with Crippen LogP contribution in [0.3, 0.4) is 0 Å². The monoisotopic (exact) mass is 153 g/mol. The van der Waals surface area contributed by atoms with Crippen molar-refractivity contribution in [3.63, 3.8) is 0 Å². The largest absolute Gasteiger partial charge is 0.329 e. The van der Waals surface area contributed by atoms with Crippen LogP contribution in [-0.2, 0) is 0 Å². The number of nitrogens with one attached hydrogen (secondary N) is 1. The lowest BCUT2D eigenvalue weighted by atomic mass is 10.5. The molecule has 3 nitrogen and oxygen atoms in total. The lowest BCUT2D eigenvalue weighted by Crippen LogP contribution is -2.19. The van der Waals surface area contributed by atoms with E-state index in [-0.39, 0.29) is 0 Å². The van der Waals surface area contributed by atoms with Crippen LogP contribution < -0.4 is 5.32 Å². The molecule has 0 saturated heterocycles. The van der Waals surface area contributed by atoms with E-state index in [0.717, 1.165) is 11.4 Å². The minimum atomic E-state index is 0.609. The molecule has 0 rings (SSSR count). The Morgan fingerprint density at radius 2 is 1.82 bits per heavy atom. The van der Waals surface area contributed by atoms with Gasteiger partial charge in [-0.2, -0.15) is 0 Å². The van der Waals surface area contributed by atoms with Crippen LogP contribution in [-0.4, -0.2) is 18.7 Å². The van der Waals surface area contributed by atoms with Crippen molar-refractivity contribution < 1.29 is 0 Å². The third kappa shape index (κ3) is 5.33. The Bertz CT molecular complexity index is 197. The zero-order valence-electron chi connectivity index (χ0n) is 7.60. The number of hydrogen-bond donors (Lipinski definition) is 1. The van der Waals surface area contributed by atoms with Crippen LogP contribution in [0.15, 0.2) is 22.3 Å². The van der Waals surface area contributed by atoms with Crippen molar-refractivity contribution in [2.45, 2.75) is 20.8 Å². The highest BCUT2D eigenvalue weighted by molar-refractivity contribution is 5.95. The van der Waals surface area contributed by atoms with E-state index in [1.807, 2.05) is 20.8 Å². The molecule has 0 unspecified atom stereocenters. The molecule has 0 saturated carbocycles. The number of aliphatic imine (C=N–C) groups is 2. The van der Waals surface area contributed by atoms with E-state index in [1.165, 1.54) is 0 Å². The predicted molar refractivity (Wildman–Crippen MR) is 50.1 cm³/mol. The molecule has 0 amide bonds. The minimum Gasteiger partial charge on any atom is -0.329 e. The summed E-state index contributed by atoms with van der Waals surface area (Å²) in [5.74, 6) is 0.609. The molecule has 62 valence electrons. The van der Waals surface area contributed by atoms with E-state index in [0.29, 0.717) is 5.96 Å². The molecule has 0 aromatic rings. The lowest BCUT2D eigenvalue weighted by Gasteiger charge is -2.02. The van der Waals surface area contributed by atoms with E-state index in [2.05, 4.69) is 21.9 Å². The second-order valence-electron chi connectivity index (χ2n) is 2.51. The van der Waals surface area contributed by atoms with E-state index >= 15 is 0 Å². The maximum Gasteiger partial charge on any atom is 0.221 e. The Balaban J connectivity index is 4.22. The summed E-state index contributed by atoms with van der Waals surface area (Å²) in [7, 11) is 1.69. The van der Waals surface area contributed by atoms with E-state index in [4.69, 9.17) is 0 Å². The van der Waals surface area contributed by atoms with E-state index in [9.17, 15) is 0 Å². The first-order chi connectivity index (χ1) is 5.06. The molecule has 0 aromatic heterocycles. The van der Waals surface area contributed by atoms with Gasteiger partial charge >= 0.3 is 0 Å². The molecule has 3 heteroatoms. The van der Waals surface area contributed by atoms with Crippen LogP contribution >= 0.6 is 0 Å². The highest BCUT2D eigenvalue weighted by Gasteiger charge is 1.92. The molecular formula is C8H15N3. The molecule has 0 bridgehead atoms. The van der Waals surface area contributed by atoms with Gasteiger partial charge in [0.15, 0.2) is 0 Å². The summed E-state index contributed by atoms with van der Waals surface area (Å²) in [6.07, 6.45) is 0. The Hall–Kier alpha value is -1.12. The Kier molecular flexibility index (Phi) is 4.18. The predicted octanol–water partition coefficient (Wildman–Crippen LogP) is 1.58. The summed E-state index contributed by atoms with van der Waals surface area (Å²) >= 11 is 0. The Labute approximate surface area is 67.9 Å². The van der Waals surface area contributed by atoms with Crippen molar-refractivity contribution in [1.82, 2.24) is 5.32 Å². The summed E-state index contributed by atoms with van der Waals surface area (Å²) in [4.78, 5) is 8.06. The standard InChI is InChI=1S/C8H15N3/c1-6(2)10-8(9-5)11-7(3)4/h1H2,2-5H3,(H,9,10). The van der Waals surface area contributed by atoms with Gasteiger partial charge in [-0.3, -0.25) is 4.99 Å². The molecule has 0 radical (unpaired) electrons. The first-order valence-electron chi connectivity index (χ1n) is 3.47. The number of hydrogen-bond acceptors (Lipinski definition) is 1. The number of guanidine groups is 1. The first kappa shape index (κ1) is 9.88. The number of allylic oxidation sites excluding steroid dienone is 1. The summed E-state index contributed by atoms with van der Waals surface area (Å²) < 4.78 is 0. The van der Waals surface area contributed by atoms with Gasteiger partial charge in [-0.15, -0.1) is 0 Å². The van der Waals surface area contributed by atoms with Crippen LogP contribution in [0.5, 0.6) is 0 Å². The van der Waals surface area contributed by atoms with Gasteiger partial charge in [-0.05, 0) is 20.8 Å². The minimum absolute atomic E-state index is 0.609. The molecule has 0 aromatic carbocycles. The highest BCUT2D eigenvalue weighted by Crippen LogP contribution is 1.84. The fraction of sp³-hybridized carbons (Fsp3) is 0.500. The van der Waals surface area contributed by atoms with E-state index in [1.54, 1.807) is 7.05 Å². The summed E-state index contributed by atoms with van der Waals surface area (Å²) in [5.41, 5.74) is 1.81. The fourth-order valence-corrected chi connectivity index (χ4v) is 0.537. The molecule has 0 heterocycles. The fourth-order valence-electron chi connectivity index (χ4n) is 0.537. The van der Waals surface area contributed by atoms with Crippen LogP contribution in [0.25, 0.3) is 0 Å². The second kappa shape index (κ2) is 4.66. The van der Waals surface area contributed by atoms with Gasteiger partial charge in [-0.1, -0.05) is 6.58 Å². The molecule has 0 fully saturated rings. The van der Waals surface area contributed by atoms with Crippen LogP contribution in [0.2, 0.25) is 0 Å². The van der Waals surface area contributed by atoms with Gasteiger partial charge in [0.05, 0.1) is 0 Å². The first-order valence-corrected chi connectivity index (χ1v) is 3.47. The summed E-state index contributed by atoms with van der Waals surface area (Å²) in [6.45, 7) is 9.40. The molecule has 11 heavy (non-hydrogen) atoms. The van der Waals surface area contributed by atoms with Gasteiger partial charge in [0.2, 0.25) is 5.96 Å². The van der Waals surface area contributed by atoms with Crippen molar-refractivity contribution >= 4 is 11.7 Å². The normalized spacial score (nSPS) is 10.7. The summed E-state index contributed by atoms with van der Waals surface area (Å²) in [6, 6.07) is 0. The van der Waals surface area contributed by atoms with Crippen LogP contribution in [0.4, 0.5) is 0 Å². The van der Waals surface area contributed by atoms with E-state index < -0.39 is 0 Å². The van der Waals surface area contributed by atoms with Crippen molar-refractivity contribution in [3.8, 4) is 0 Å². The Morgan fingerprint density at radius 1 is 1.27 bits per heavy atom. The van der Waals surface area contributed by atoms with Gasteiger partial charge in [0, 0.05) is 18.5 Å². The molecular weight excluding hydrogens is 138 g/mol. The third-order valence-electron chi connectivity index (χ3n) is 0.867. The number of rotatable bonds is 1.